The van der Waals surface area contributed by atoms with E-state index >= 15 is 0 Å². The van der Waals surface area contributed by atoms with Gasteiger partial charge in [-0.1, -0.05) is 12.1 Å². The first-order chi connectivity index (χ1) is 11.6. The summed E-state index contributed by atoms with van der Waals surface area (Å²) in [5, 5.41) is 2.36. The van der Waals surface area contributed by atoms with Crippen molar-refractivity contribution in [3.05, 3.63) is 60.1 Å². The Balaban J connectivity index is 1.77. The van der Waals surface area contributed by atoms with E-state index in [4.69, 9.17) is 21.4 Å². The van der Waals surface area contributed by atoms with E-state index in [1.165, 1.54) is 18.4 Å². The summed E-state index contributed by atoms with van der Waals surface area (Å²) in [5.41, 5.74) is 5.53. The van der Waals surface area contributed by atoms with Crippen molar-refractivity contribution in [1.82, 2.24) is 16.2 Å². The predicted octanol–water partition coefficient (Wildman–Crippen LogP) is 1.64. The molecule has 3 N–H and O–H groups in total. The average molecular weight is 345 g/mol. The second-order valence-electron chi connectivity index (χ2n) is 4.48. The average Bonchev–Trinajstić information content (AvgIpc) is 3.13. The highest BCUT2D eigenvalue weighted by atomic mass is 32.1. The zero-order valence-corrected chi connectivity index (χ0v) is 13.6. The van der Waals surface area contributed by atoms with Crippen molar-refractivity contribution < 1.29 is 18.7 Å². The van der Waals surface area contributed by atoms with Crippen molar-refractivity contribution in [3.63, 3.8) is 0 Å². The highest BCUT2D eigenvalue weighted by Gasteiger charge is 2.08. The maximum atomic E-state index is 11.7. The van der Waals surface area contributed by atoms with E-state index in [1.54, 1.807) is 31.4 Å². The number of carbonyl (C=O) groups excluding carboxylic acids is 2. The van der Waals surface area contributed by atoms with E-state index in [0.717, 1.165) is 11.3 Å². The maximum absolute atomic E-state index is 11.7. The molecular weight excluding hydrogens is 330 g/mol. The fourth-order valence-corrected chi connectivity index (χ4v) is 1.81. The fourth-order valence-electron chi connectivity index (χ4n) is 1.65. The number of thiocarbonyl (C=S) groups is 1. The van der Waals surface area contributed by atoms with Gasteiger partial charge in [0, 0.05) is 6.08 Å². The zero-order chi connectivity index (χ0) is 17.4. The standard InChI is InChI=1S/C16H15N3O4S/c1-22-12-7-4-11(5-8-12)6-9-14(20)17-16(24)19-18-15(21)13-3-2-10-23-13/h2-10H,1H3,(H,18,21)(H2,17,19,20,24). The predicted molar refractivity (Wildman–Crippen MR) is 92.1 cm³/mol. The van der Waals surface area contributed by atoms with E-state index in [9.17, 15) is 9.59 Å². The van der Waals surface area contributed by atoms with Crippen LogP contribution in [0, 0.1) is 0 Å². The number of carbonyl (C=O) groups is 2. The third-order valence-corrected chi connectivity index (χ3v) is 3.02. The maximum Gasteiger partial charge on any atom is 0.305 e. The molecule has 0 aliphatic carbocycles. The number of amides is 2. The number of hydrogen-bond acceptors (Lipinski definition) is 5. The molecule has 8 heteroatoms. The van der Waals surface area contributed by atoms with Crippen molar-refractivity contribution >= 4 is 35.2 Å². The molecule has 0 radical (unpaired) electrons. The second kappa shape index (κ2) is 8.49. The molecule has 7 nitrogen and oxygen atoms in total. The van der Waals surface area contributed by atoms with Crippen molar-refractivity contribution in [3.8, 4) is 5.75 Å². The van der Waals surface area contributed by atoms with Crippen LogP contribution in [0.4, 0.5) is 0 Å². The van der Waals surface area contributed by atoms with E-state index < -0.39 is 11.8 Å². The molecule has 0 atom stereocenters. The third-order valence-electron chi connectivity index (χ3n) is 2.81. The molecule has 0 aliphatic heterocycles. The molecular formula is C16H15N3O4S. The summed E-state index contributed by atoms with van der Waals surface area (Å²) in [6.07, 6.45) is 4.32. The molecule has 24 heavy (non-hydrogen) atoms. The first-order valence-electron chi connectivity index (χ1n) is 6.85. The minimum Gasteiger partial charge on any atom is -0.497 e. The summed E-state index contributed by atoms with van der Waals surface area (Å²) < 4.78 is 9.96. The van der Waals surface area contributed by atoms with Crippen LogP contribution < -0.4 is 20.9 Å². The number of rotatable bonds is 4. The molecule has 0 aliphatic rings. The summed E-state index contributed by atoms with van der Waals surface area (Å²) in [7, 11) is 1.58. The molecule has 124 valence electrons. The van der Waals surface area contributed by atoms with Crippen LogP contribution >= 0.6 is 12.2 Å². The highest BCUT2D eigenvalue weighted by molar-refractivity contribution is 7.80. The second-order valence-corrected chi connectivity index (χ2v) is 4.89. The van der Waals surface area contributed by atoms with Gasteiger partial charge >= 0.3 is 5.91 Å². The first-order valence-corrected chi connectivity index (χ1v) is 7.26. The van der Waals surface area contributed by atoms with Crippen LogP contribution in [-0.2, 0) is 4.79 Å². The molecule has 2 amide bonds. The van der Waals surface area contributed by atoms with Gasteiger partial charge in [0.05, 0.1) is 13.4 Å². The Morgan fingerprint density at radius 2 is 1.92 bits per heavy atom. The van der Waals surface area contributed by atoms with E-state index in [1.807, 2.05) is 12.1 Å². The summed E-state index contributed by atoms with van der Waals surface area (Å²) in [6, 6.07) is 10.3. The molecule has 1 heterocycles. The van der Waals surface area contributed by atoms with Crippen LogP contribution in [0.25, 0.3) is 6.08 Å². The molecule has 0 saturated heterocycles. The van der Waals surface area contributed by atoms with Crippen molar-refractivity contribution in [2.24, 2.45) is 0 Å². The Hall–Kier alpha value is -3.13. The Labute approximate surface area is 143 Å². The van der Waals surface area contributed by atoms with E-state index in [2.05, 4.69) is 16.2 Å². The van der Waals surface area contributed by atoms with Gasteiger partial charge in [0.25, 0.3) is 0 Å². The van der Waals surface area contributed by atoms with E-state index in [-0.39, 0.29) is 10.9 Å². The topological polar surface area (TPSA) is 92.6 Å². The van der Waals surface area contributed by atoms with Gasteiger partial charge in [0.15, 0.2) is 10.9 Å². The van der Waals surface area contributed by atoms with Crippen LogP contribution in [0.5, 0.6) is 5.75 Å². The number of furan rings is 1. The lowest BCUT2D eigenvalue weighted by molar-refractivity contribution is -0.115. The highest BCUT2D eigenvalue weighted by Crippen LogP contribution is 2.12. The largest absolute Gasteiger partial charge is 0.497 e. The number of nitrogens with one attached hydrogen (secondary N) is 3. The molecule has 0 unspecified atom stereocenters. The van der Waals surface area contributed by atoms with Crippen LogP contribution in [0.15, 0.2) is 53.2 Å². The minimum absolute atomic E-state index is 0.0423. The van der Waals surface area contributed by atoms with Gasteiger partial charge in [-0.15, -0.1) is 0 Å². The third kappa shape index (κ3) is 5.25. The molecule has 0 saturated carbocycles. The van der Waals surface area contributed by atoms with Crippen LogP contribution in [0.2, 0.25) is 0 Å². The van der Waals surface area contributed by atoms with E-state index in [0.29, 0.717) is 0 Å². The van der Waals surface area contributed by atoms with Crippen molar-refractivity contribution in [2.75, 3.05) is 7.11 Å². The molecule has 1 aromatic carbocycles. The van der Waals surface area contributed by atoms with Gasteiger partial charge < -0.3 is 9.15 Å². The Morgan fingerprint density at radius 3 is 2.54 bits per heavy atom. The number of hydrogen-bond donors (Lipinski definition) is 3. The van der Waals surface area contributed by atoms with Crippen LogP contribution in [0.1, 0.15) is 16.1 Å². The summed E-state index contributed by atoms with van der Waals surface area (Å²) in [4.78, 5) is 23.3. The lowest BCUT2D eigenvalue weighted by Gasteiger charge is -2.08. The number of benzene rings is 1. The van der Waals surface area contributed by atoms with Crippen molar-refractivity contribution in [1.29, 1.82) is 0 Å². The molecule has 0 bridgehead atoms. The number of ether oxygens (including phenoxy) is 1. The molecule has 2 rings (SSSR count). The molecule has 1 aromatic heterocycles. The van der Waals surface area contributed by atoms with Gasteiger partial charge in [0.1, 0.15) is 5.75 Å². The minimum atomic E-state index is -0.509. The SMILES string of the molecule is COc1ccc(C=CC(=O)NC(=S)NNC(=O)c2ccco2)cc1. The molecule has 2 aromatic rings. The number of hydrazine groups is 1. The molecule has 0 fully saturated rings. The lowest BCUT2D eigenvalue weighted by atomic mass is 10.2. The lowest BCUT2D eigenvalue weighted by Crippen LogP contribution is -2.48. The monoisotopic (exact) mass is 345 g/mol. The zero-order valence-electron chi connectivity index (χ0n) is 12.7. The summed E-state index contributed by atoms with van der Waals surface area (Å²) in [6.45, 7) is 0. The number of methoxy groups -OCH3 is 1. The first kappa shape index (κ1) is 17.2. The van der Waals surface area contributed by atoms with Gasteiger partial charge in [0.2, 0.25) is 5.91 Å². The van der Waals surface area contributed by atoms with Crippen LogP contribution in [0.3, 0.4) is 0 Å². The Morgan fingerprint density at radius 1 is 1.17 bits per heavy atom. The van der Waals surface area contributed by atoms with Gasteiger partial charge in [-0.3, -0.25) is 25.8 Å². The quantitative estimate of drug-likeness (QED) is 0.443. The summed E-state index contributed by atoms with van der Waals surface area (Å²) >= 11 is 4.90. The van der Waals surface area contributed by atoms with Gasteiger partial charge in [-0.05, 0) is 48.1 Å². The van der Waals surface area contributed by atoms with Crippen molar-refractivity contribution in [2.45, 2.75) is 0 Å². The normalized spacial score (nSPS) is 10.2. The van der Waals surface area contributed by atoms with Gasteiger partial charge in [-0.2, -0.15) is 0 Å². The fraction of sp³-hybridized carbons (Fsp3) is 0.0625. The van der Waals surface area contributed by atoms with Gasteiger partial charge in [-0.25, -0.2) is 0 Å². The van der Waals surface area contributed by atoms with Crippen LogP contribution in [-0.4, -0.2) is 24.0 Å². The molecule has 0 spiro atoms. The Kier molecular flexibility index (Phi) is 6.09. The Bertz CT molecular complexity index is 739. The summed E-state index contributed by atoms with van der Waals surface area (Å²) in [5.74, 6) is -0.0914. The smallest absolute Gasteiger partial charge is 0.305 e.